The van der Waals surface area contributed by atoms with Gasteiger partial charge in [-0.25, -0.2) is 14.7 Å². The van der Waals surface area contributed by atoms with E-state index in [9.17, 15) is 9.59 Å². The van der Waals surface area contributed by atoms with Crippen molar-refractivity contribution in [2.24, 2.45) is 12.8 Å². The summed E-state index contributed by atoms with van der Waals surface area (Å²) in [6.45, 7) is 6.60. The Labute approximate surface area is 185 Å². The molecule has 0 radical (unpaired) electrons. The molecule has 3 N–H and O–H groups in total. The molecule has 1 amide bonds. The van der Waals surface area contributed by atoms with Gasteiger partial charge in [0, 0.05) is 30.3 Å². The van der Waals surface area contributed by atoms with E-state index in [1.54, 1.807) is 11.7 Å². The van der Waals surface area contributed by atoms with Gasteiger partial charge >= 0.3 is 5.69 Å². The van der Waals surface area contributed by atoms with Gasteiger partial charge in [-0.2, -0.15) is 9.78 Å². The fourth-order valence-electron chi connectivity index (χ4n) is 3.83. The number of hydrogen-bond acceptors (Lipinski definition) is 4. The first kappa shape index (κ1) is 21.2. The Morgan fingerprint density at radius 1 is 1.19 bits per heavy atom. The molecule has 0 fully saturated rings. The summed E-state index contributed by atoms with van der Waals surface area (Å²) in [4.78, 5) is 23.9. The second-order valence-corrected chi connectivity index (χ2v) is 7.68. The van der Waals surface area contributed by atoms with Crippen LogP contribution in [-0.4, -0.2) is 30.3 Å². The topological polar surface area (TPSA) is 113 Å². The molecule has 2 aromatic carbocycles. The number of carbonyl (C=O) groups excluding carboxylic acids is 1. The number of aryl methyl sites for hydroxylation is 3. The van der Waals surface area contributed by atoms with E-state index >= 15 is 0 Å². The van der Waals surface area contributed by atoms with Gasteiger partial charge in [-0.15, -0.1) is 0 Å². The molecule has 4 rings (SSSR count). The van der Waals surface area contributed by atoms with Crippen LogP contribution < -0.4 is 16.2 Å². The van der Waals surface area contributed by atoms with Crippen molar-refractivity contribution in [2.75, 3.05) is 0 Å². The number of benzene rings is 2. The third-order valence-corrected chi connectivity index (χ3v) is 5.51. The lowest BCUT2D eigenvalue weighted by Gasteiger charge is -2.17. The normalized spacial score (nSPS) is 11.1. The maximum absolute atomic E-state index is 12.0. The van der Waals surface area contributed by atoms with Crippen LogP contribution >= 0.6 is 0 Å². The molecule has 0 spiro atoms. The smallest absolute Gasteiger partial charge is 0.364 e. The second kappa shape index (κ2) is 8.26. The standard InChI is InChI=1S/C23H26N6O3/c1-5-28-21(22(24)30)15(3)20(25-28)16-10-11-19(14(2)12-16)32-13-17-8-6-7-9-18(17)29-23(31)27(4)26-29/h6-12,26H,5,13H2,1-4H3,(H2,24,30). The molecule has 9 nitrogen and oxygen atoms in total. The average molecular weight is 435 g/mol. The highest BCUT2D eigenvalue weighted by Gasteiger charge is 2.19. The van der Waals surface area contributed by atoms with Crippen LogP contribution in [0.5, 0.6) is 5.75 Å². The number of primary amides is 1. The molecule has 9 heteroatoms. The molecular weight excluding hydrogens is 408 g/mol. The van der Waals surface area contributed by atoms with E-state index in [-0.39, 0.29) is 5.69 Å². The minimum atomic E-state index is -0.486. The number of para-hydroxylation sites is 1. The number of hydrogen-bond donors (Lipinski definition) is 2. The van der Waals surface area contributed by atoms with Gasteiger partial charge < -0.3 is 10.5 Å². The monoisotopic (exact) mass is 434 g/mol. The summed E-state index contributed by atoms with van der Waals surface area (Å²) < 4.78 is 10.6. The molecule has 2 aromatic heterocycles. The zero-order chi connectivity index (χ0) is 23.0. The van der Waals surface area contributed by atoms with E-state index in [1.807, 2.05) is 63.2 Å². The number of carbonyl (C=O) groups is 1. The number of aromatic amines is 1. The zero-order valence-electron chi connectivity index (χ0n) is 18.5. The fourth-order valence-corrected chi connectivity index (χ4v) is 3.83. The van der Waals surface area contributed by atoms with Gasteiger partial charge in [0.15, 0.2) is 0 Å². The molecule has 0 aliphatic rings. The molecule has 0 atom stereocenters. The molecule has 0 unspecified atom stereocenters. The SMILES string of the molecule is CCn1nc(-c2ccc(OCc3ccccc3-n3[nH]n(C)c3=O)c(C)c2)c(C)c1C(N)=O. The fraction of sp³-hybridized carbons (Fsp3) is 0.261. The van der Waals surface area contributed by atoms with Crippen LogP contribution in [-0.2, 0) is 20.2 Å². The van der Waals surface area contributed by atoms with E-state index in [1.165, 1.54) is 9.36 Å². The van der Waals surface area contributed by atoms with E-state index in [4.69, 9.17) is 10.5 Å². The van der Waals surface area contributed by atoms with Crippen molar-refractivity contribution >= 4 is 5.91 Å². The Balaban J connectivity index is 1.59. The lowest BCUT2D eigenvalue weighted by atomic mass is 10.0. The van der Waals surface area contributed by atoms with Gasteiger partial charge in [-0.1, -0.05) is 18.2 Å². The minimum Gasteiger partial charge on any atom is -0.489 e. The van der Waals surface area contributed by atoms with Crippen molar-refractivity contribution in [2.45, 2.75) is 33.9 Å². The summed E-state index contributed by atoms with van der Waals surface area (Å²) in [6.07, 6.45) is 0. The number of aromatic nitrogens is 5. The Morgan fingerprint density at radius 2 is 1.94 bits per heavy atom. The van der Waals surface area contributed by atoms with Crippen molar-refractivity contribution < 1.29 is 9.53 Å². The van der Waals surface area contributed by atoms with Crippen LogP contribution in [0.3, 0.4) is 0 Å². The molecule has 32 heavy (non-hydrogen) atoms. The molecule has 0 saturated heterocycles. The van der Waals surface area contributed by atoms with Gasteiger partial charge in [0.2, 0.25) is 0 Å². The van der Waals surface area contributed by atoms with Gasteiger partial charge in [-0.05, 0) is 50.6 Å². The summed E-state index contributed by atoms with van der Waals surface area (Å²) >= 11 is 0. The van der Waals surface area contributed by atoms with Crippen molar-refractivity contribution in [3.05, 3.63) is 75.3 Å². The third kappa shape index (κ3) is 3.62. The predicted octanol–water partition coefficient (Wildman–Crippen LogP) is 2.68. The summed E-state index contributed by atoms with van der Waals surface area (Å²) in [5.41, 5.74) is 10.8. The van der Waals surface area contributed by atoms with Gasteiger partial charge in [-0.3, -0.25) is 9.48 Å². The zero-order valence-corrected chi connectivity index (χ0v) is 18.5. The van der Waals surface area contributed by atoms with E-state index in [0.717, 1.165) is 39.4 Å². The summed E-state index contributed by atoms with van der Waals surface area (Å²) in [5, 5.41) is 7.50. The molecule has 2 heterocycles. The largest absolute Gasteiger partial charge is 0.489 e. The number of ether oxygens (including phenoxy) is 1. The third-order valence-electron chi connectivity index (χ3n) is 5.51. The predicted molar refractivity (Wildman–Crippen MR) is 121 cm³/mol. The van der Waals surface area contributed by atoms with Crippen LogP contribution in [0.1, 0.15) is 34.1 Å². The first-order valence-corrected chi connectivity index (χ1v) is 10.3. The highest BCUT2D eigenvalue weighted by molar-refractivity contribution is 5.94. The average Bonchev–Trinajstić information content (AvgIpc) is 3.13. The summed E-state index contributed by atoms with van der Waals surface area (Å²) in [5.74, 6) is 0.242. The molecule has 0 aliphatic heterocycles. The number of H-pyrrole nitrogens is 1. The molecule has 0 aliphatic carbocycles. The van der Waals surface area contributed by atoms with Crippen LogP contribution in [0.25, 0.3) is 16.9 Å². The Kier molecular flexibility index (Phi) is 5.48. The number of rotatable bonds is 7. The quantitative estimate of drug-likeness (QED) is 0.466. The summed E-state index contributed by atoms with van der Waals surface area (Å²) in [7, 11) is 1.67. The first-order valence-electron chi connectivity index (χ1n) is 10.3. The molecular formula is C23H26N6O3. The second-order valence-electron chi connectivity index (χ2n) is 7.68. The first-order chi connectivity index (χ1) is 15.3. The van der Waals surface area contributed by atoms with Crippen LogP contribution in [0.4, 0.5) is 0 Å². The maximum atomic E-state index is 12.0. The molecule has 0 bridgehead atoms. The van der Waals surface area contributed by atoms with Crippen LogP contribution in [0.2, 0.25) is 0 Å². The highest BCUT2D eigenvalue weighted by atomic mass is 16.5. The van der Waals surface area contributed by atoms with E-state index in [2.05, 4.69) is 10.3 Å². The van der Waals surface area contributed by atoms with Crippen molar-refractivity contribution in [3.8, 4) is 22.7 Å². The molecule has 4 aromatic rings. The van der Waals surface area contributed by atoms with Crippen LogP contribution in [0, 0.1) is 13.8 Å². The van der Waals surface area contributed by atoms with E-state index in [0.29, 0.717) is 18.8 Å². The highest BCUT2D eigenvalue weighted by Crippen LogP contribution is 2.30. The molecule has 0 saturated carbocycles. The van der Waals surface area contributed by atoms with Gasteiger partial charge in [0.1, 0.15) is 18.1 Å². The van der Waals surface area contributed by atoms with Crippen molar-refractivity contribution in [1.29, 1.82) is 0 Å². The van der Waals surface area contributed by atoms with Crippen molar-refractivity contribution in [3.63, 3.8) is 0 Å². The number of amides is 1. The lowest BCUT2D eigenvalue weighted by molar-refractivity contribution is 0.0989. The summed E-state index contributed by atoms with van der Waals surface area (Å²) in [6, 6.07) is 13.4. The van der Waals surface area contributed by atoms with E-state index < -0.39 is 5.91 Å². The van der Waals surface area contributed by atoms with Gasteiger partial charge in [0.25, 0.3) is 5.91 Å². The Bertz CT molecular complexity index is 1350. The Morgan fingerprint density at radius 3 is 2.53 bits per heavy atom. The lowest BCUT2D eigenvalue weighted by Crippen LogP contribution is -2.40. The van der Waals surface area contributed by atoms with Gasteiger partial charge in [0.05, 0.1) is 11.4 Å². The number of nitrogens with two attached hydrogens (primary N) is 1. The van der Waals surface area contributed by atoms with Crippen molar-refractivity contribution in [1.82, 2.24) is 24.4 Å². The Hall–Kier alpha value is -4.01. The van der Waals surface area contributed by atoms with Crippen LogP contribution in [0.15, 0.2) is 47.3 Å². The number of nitrogens with one attached hydrogen (secondary N) is 1. The minimum absolute atomic E-state index is 0.129. The number of nitrogens with zero attached hydrogens (tertiary/aromatic N) is 4. The molecule has 166 valence electrons. The maximum Gasteiger partial charge on any atom is 0.364 e.